The van der Waals surface area contributed by atoms with Crippen LogP contribution in [0.1, 0.15) is 51.4 Å². The van der Waals surface area contributed by atoms with Crippen molar-refractivity contribution in [3.05, 3.63) is 0 Å². The average molecular weight is 533 g/mol. The van der Waals surface area contributed by atoms with E-state index in [0.717, 1.165) is 0 Å². The molecule has 0 aromatic heterocycles. The zero-order valence-electron chi connectivity index (χ0n) is 19.7. The molecule has 4 atom stereocenters. The summed E-state index contributed by atoms with van der Waals surface area (Å²) in [5.41, 5.74) is 10.6. The van der Waals surface area contributed by atoms with Crippen LogP contribution in [-0.4, -0.2) is 92.1 Å². The van der Waals surface area contributed by atoms with Gasteiger partial charge in [-0.2, -0.15) is 0 Å². The summed E-state index contributed by atoms with van der Waals surface area (Å²) in [6, 6.07) is -6.14. The van der Waals surface area contributed by atoms with E-state index >= 15 is 0 Å². The molecule has 0 saturated carbocycles. The standard InChI is InChI=1S/C20H31N5O12/c21-9(1-6-14(27)28)17(33)23-10(3-7-15(29)30)18(34)24-11(4-8-16(31)32)19(35)25-12(20(36)37)2-5-13(22)26/h9-12H,1-8,21H2,(H2,22,26)(H,23,33)(H,24,34)(H,25,35)(H,27,28)(H,29,30)(H,31,32)(H,36,37). The number of carboxylic acid groups (broad SMARTS) is 4. The molecule has 208 valence electrons. The second-order valence-corrected chi connectivity index (χ2v) is 7.93. The Morgan fingerprint density at radius 1 is 0.541 bits per heavy atom. The largest absolute Gasteiger partial charge is 0.481 e. The molecule has 0 heterocycles. The zero-order valence-corrected chi connectivity index (χ0v) is 19.7. The molecule has 0 rings (SSSR count). The summed E-state index contributed by atoms with van der Waals surface area (Å²) in [6.45, 7) is 0. The van der Waals surface area contributed by atoms with Crippen LogP contribution in [0.2, 0.25) is 0 Å². The number of hydrogen-bond donors (Lipinski definition) is 9. The number of amides is 4. The highest BCUT2D eigenvalue weighted by molar-refractivity contribution is 5.94. The van der Waals surface area contributed by atoms with Crippen LogP contribution in [0.4, 0.5) is 0 Å². The number of nitrogens with one attached hydrogen (secondary N) is 3. The molecule has 0 fully saturated rings. The lowest BCUT2D eigenvalue weighted by Crippen LogP contribution is -2.57. The highest BCUT2D eigenvalue weighted by Gasteiger charge is 2.31. The molecule has 0 aromatic carbocycles. The molecule has 0 radical (unpaired) electrons. The van der Waals surface area contributed by atoms with Gasteiger partial charge in [0.15, 0.2) is 0 Å². The highest BCUT2D eigenvalue weighted by Crippen LogP contribution is 2.06. The molecule has 0 spiro atoms. The van der Waals surface area contributed by atoms with E-state index in [2.05, 4.69) is 16.0 Å². The molecule has 0 aliphatic rings. The van der Waals surface area contributed by atoms with Crippen LogP contribution in [0, 0.1) is 0 Å². The molecule has 0 saturated heterocycles. The van der Waals surface area contributed by atoms with E-state index < -0.39 is 110 Å². The first-order chi connectivity index (χ1) is 17.1. The fourth-order valence-electron chi connectivity index (χ4n) is 2.85. The van der Waals surface area contributed by atoms with E-state index in [1.807, 2.05) is 0 Å². The maximum absolute atomic E-state index is 12.8. The van der Waals surface area contributed by atoms with E-state index in [1.165, 1.54) is 0 Å². The molecule has 17 nitrogen and oxygen atoms in total. The van der Waals surface area contributed by atoms with Crippen LogP contribution < -0.4 is 27.4 Å². The number of nitrogens with two attached hydrogens (primary N) is 2. The molecule has 4 amide bonds. The first kappa shape index (κ1) is 32.7. The Hall–Kier alpha value is -4.28. The van der Waals surface area contributed by atoms with Crippen LogP contribution in [0.3, 0.4) is 0 Å². The van der Waals surface area contributed by atoms with E-state index in [4.69, 9.17) is 26.8 Å². The summed E-state index contributed by atoms with van der Waals surface area (Å²) in [5.74, 6) is -9.48. The van der Waals surface area contributed by atoms with Crippen molar-refractivity contribution in [2.75, 3.05) is 0 Å². The Kier molecular flexibility index (Phi) is 14.5. The Bertz CT molecular complexity index is 893. The van der Waals surface area contributed by atoms with Crippen LogP contribution in [-0.2, 0) is 38.4 Å². The third kappa shape index (κ3) is 14.7. The minimum absolute atomic E-state index is 0.292. The monoisotopic (exact) mass is 533 g/mol. The number of carbonyl (C=O) groups is 8. The number of rotatable bonds is 19. The lowest BCUT2D eigenvalue weighted by Gasteiger charge is -2.25. The second kappa shape index (κ2) is 16.4. The van der Waals surface area contributed by atoms with Crippen molar-refractivity contribution >= 4 is 47.5 Å². The van der Waals surface area contributed by atoms with Crippen LogP contribution in [0.25, 0.3) is 0 Å². The molecule has 37 heavy (non-hydrogen) atoms. The summed E-state index contributed by atoms with van der Waals surface area (Å²) in [6.07, 6.45) is -3.75. The van der Waals surface area contributed by atoms with Crippen molar-refractivity contribution in [3.63, 3.8) is 0 Å². The number of carboxylic acids is 4. The van der Waals surface area contributed by atoms with Crippen LogP contribution in [0.15, 0.2) is 0 Å². The fraction of sp³-hybridized carbons (Fsp3) is 0.600. The van der Waals surface area contributed by atoms with E-state index in [0.29, 0.717) is 0 Å². The Balaban J connectivity index is 5.64. The van der Waals surface area contributed by atoms with Crippen LogP contribution >= 0.6 is 0 Å². The van der Waals surface area contributed by atoms with Crippen molar-refractivity contribution in [2.45, 2.75) is 75.5 Å². The summed E-state index contributed by atoms with van der Waals surface area (Å²) < 4.78 is 0. The number of hydrogen-bond acceptors (Lipinski definition) is 9. The quantitative estimate of drug-likeness (QED) is 0.0787. The number of primary amides is 1. The predicted molar refractivity (Wildman–Crippen MR) is 120 cm³/mol. The summed E-state index contributed by atoms with van der Waals surface area (Å²) in [7, 11) is 0. The van der Waals surface area contributed by atoms with E-state index in [1.54, 1.807) is 0 Å². The van der Waals surface area contributed by atoms with Crippen molar-refractivity contribution < 1.29 is 58.8 Å². The van der Waals surface area contributed by atoms with Gasteiger partial charge in [0, 0.05) is 25.7 Å². The maximum atomic E-state index is 12.8. The maximum Gasteiger partial charge on any atom is 0.326 e. The molecule has 0 aliphatic heterocycles. The van der Waals surface area contributed by atoms with Gasteiger partial charge >= 0.3 is 23.9 Å². The molecular weight excluding hydrogens is 502 g/mol. The topological polar surface area (TPSA) is 306 Å². The van der Waals surface area contributed by atoms with Gasteiger partial charge in [0.2, 0.25) is 23.6 Å². The van der Waals surface area contributed by atoms with Gasteiger partial charge < -0.3 is 47.8 Å². The molecule has 0 aliphatic carbocycles. The SMILES string of the molecule is NC(=O)CCC(NC(=O)C(CCC(=O)O)NC(=O)C(CCC(=O)O)NC(=O)C(N)CCC(=O)O)C(=O)O. The Morgan fingerprint density at radius 3 is 1.27 bits per heavy atom. The minimum atomic E-state index is -1.62. The molecule has 4 unspecified atom stereocenters. The predicted octanol–water partition coefficient (Wildman–Crippen LogP) is -3.29. The van der Waals surface area contributed by atoms with Gasteiger partial charge in [0.1, 0.15) is 18.1 Å². The van der Waals surface area contributed by atoms with E-state index in [9.17, 15) is 43.5 Å². The Labute approximate surface area is 209 Å². The average Bonchev–Trinajstić information content (AvgIpc) is 2.79. The molecule has 17 heteroatoms. The summed E-state index contributed by atoms with van der Waals surface area (Å²) >= 11 is 0. The van der Waals surface area contributed by atoms with Gasteiger partial charge in [-0.25, -0.2) is 4.79 Å². The van der Waals surface area contributed by atoms with Crippen molar-refractivity contribution in [1.29, 1.82) is 0 Å². The van der Waals surface area contributed by atoms with Crippen LogP contribution in [0.5, 0.6) is 0 Å². The third-order valence-corrected chi connectivity index (χ3v) is 4.86. The number of aliphatic carboxylic acids is 4. The van der Waals surface area contributed by atoms with E-state index in [-0.39, 0.29) is 12.8 Å². The van der Waals surface area contributed by atoms with Gasteiger partial charge in [0.25, 0.3) is 0 Å². The van der Waals surface area contributed by atoms with Gasteiger partial charge in [0.05, 0.1) is 6.04 Å². The highest BCUT2D eigenvalue weighted by atomic mass is 16.4. The number of carbonyl (C=O) groups excluding carboxylic acids is 4. The van der Waals surface area contributed by atoms with Crippen molar-refractivity contribution in [1.82, 2.24) is 16.0 Å². The molecule has 0 bridgehead atoms. The smallest absolute Gasteiger partial charge is 0.326 e. The van der Waals surface area contributed by atoms with Gasteiger partial charge in [-0.05, 0) is 25.7 Å². The van der Waals surface area contributed by atoms with Gasteiger partial charge in [-0.1, -0.05) is 0 Å². The lowest BCUT2D eigenvalue weighted by atomic mass is 10.1. The Morgan fingerprint density at radius 2 is 0.892 bits per heavy atom. The van der Waals surface area contributed by atoms with Crippen molar-refractivity contribution in [3.8, 4) is 0 Å². The molecule has 11 N–H and O–H groups in total. The van der Waals surface area contributed by atoms with Gasteiger partial charge in [-0.15, -0.1) is 0 Å². The normalized spacial score (nSPS) is 13.8. The minimum Gasteiger partial charge on any atom is -0.481 e. The first-order valence-corrected chi connectivity index (χ1v) is 11.0. The fourth-order valence-corrected chi connectivity index (χ4v) is 2.85. The summed E-state index contributed by atoms with van der Waals surface area (Å²) in [5, 5.41) is 42.2. The molecular formula is C20H31N5O12. The summed E-state index contributed by atoms with van der Waals surface area (Å²) in [4.78, 5) is 92.7. The third-order valence-electron chi connectivity index (χ3n) is 4.86. The van der Waals surface area contributed by atoms with Crippen molar-refractivity contribution in [2.24, 2.45) is 11.5 Å². The lowest BCUT2D eigenvalue weighted by molar-refractivity contribution is -0.143. The second-order valence-electron chi connectivity index (χ2n) is 7.93. The van der Waals surface area contributed by atoms with Gasteiger partial charge in [-0.3, -0.25) is 33.6 Å². The molecule has 0 aromatic rings. The zero-order chi connectivity index (χ0) is 28.7. The first-order valence-electron chi connectivity index (χ1n) is 11.0.